The summed E-state index contributed by atoms with van der Waals surface area (Å²) in [6.07, 6.45) is 6.78. The summed E-state index contributed by atoms with van der Waals surface area (Å²) in [7, 11) is 0. The molecule has 2 amide bonds. The van der Waals surface area contributed by atoms with Crippen LogP contribution in [0, 0.1) is 19.3 Å². The van der Waals surface area contributed by atoms with E-state index in [0.29, 0.717) is 11.1 Å². The summed E-state index contributed by atoms with van der Waals surface area (Å²) in [5.41, 5.74) is 5.27. The lowest BCUT2D eigenvalue weighted by Gasteiger charge is -2.38. The molecule has 180 valence electrons. The van der Waals surface area contributed by atoms with Crippen molar-refractivity contribution in [3.8, 4) is 0 Å². The van der Waals surface area contributed by atoms with Gasteiger partial charge in [0.1, 0.15) is 0 Å². The summed E-state index contributed by atoms with van der Waals surface area (Å²) in [6.45, 7) is 13.4. The van der Waals surface area contributed by atoms with E-state index >= 15 is 0 Å². The monoisotopic (exact) mass is 460 g/mol. The van der Waals surface area contributed by atoms with Crippen LogP contribution in [0.2, 0.25) is 0 Å². The zero-order valence-corrected chi connectivity index (χ0v) is 21.0. The number of benzene rings is 2. The van der Waals surface area contributed by atoms with Crippen molar-refractivity contribution in [2.45, 2.75) is 53.9 Å². The van der Waals surface area contributed by atoms with Crippen LogP contribution in [0.1, 0.15) is 67.1 Å². The fourth-order valence-corrected chi connectivity index (χ4v) is 3.58. The Labute approximate surface area is 203 Å². The number of carbonyl (C=O) groups excluding carboxylic acids is 3. The molecule has 0 radical (unpaired) electrons. The van der Waals surface area contributed by atoms with E-state index in [1.807, 2.05) is 63.2 Å². The third kappa shape index (κ3) is 7.84. The number of amides is 2. The minimum Gasteiger partial charge on any atom is -0.352 e. The molecule has 0 aliphatic heterocycles. The van der Waals surface area contributed by atoms with Crippen molar-refractivity contribution < 1.29 is 14.4 Å². The first-order valence-corrected chi connectivity index (χ1v) is 11.6. The molecule has 1 fully saturated rings. The number of nitrogens with one attached hydrogen (secondary N) is 2. The van der Waals surface area contributed by atoms with Crippen molar-refractivity contribution >= 4 is 29.4 Å². The highest BCUT2D eigenvalue weighted by Crippen LogP contribution is 2.39. The highest BCUT2D eigenvalue weighted by Gasteiger charge is 2.31. The minimum atomic E-state index is -0.138. The summed E-state index contributed by atoms with van der Waals surface area (Å²) in [6, 6.07) is 13.3. The number of carbonyl (C=O) groups is 3. The fourth-order valence-electron chi connectivity index (χ4n) is 3.58. The molecular formula is C29H36N2O3. The number of rotatable bonds is 7. The van der Waals surface area contributed by atoms with Gasteiger partial charge in [0, 0.05) is 23.4 Å². The van der Waals surface area contributed by atoms with Crippen molar-refractivity contribution in [2.24, 2.45) is 5.41 Å². The van der Waals surface area contributed by atoms with E-state index in [-0.39, 0.29) is 23.0 Å². The molecule has 5 heteroatoms. The van der Waals surface area contributed by atoms with Crippen LogP contribution in [-0.4, -0.2) is 24.1 Å². The molecular weight excluding hydrogens is 424 g/mol. The molecule has 0 aromatic heterocycles. The lowest BCUT2D eigenvalue weighted by atomic mass is 9.70. The number of hydrogen-bond acceptors (Lipinski definition) is 3. The van der Waals surface area contributed by atoms with Crippen molar-refractivity contribution in [3.63, 3.8) is 0 Å². The predicted molar refractivity (Wildman–Crippen MR) is 140 cm³/mol. The first-order chi connectivity index (χ1) is 16.0. The zero-order valence-electron chi connectivity index (χ0n) is 21.0. The molecule has 34 heavy (non-hydrogen) atoms. The van der Waals surface area contributed by atoms with Crippen LogP contribution in [0.5, 0.6) is 0 Å². The Morgan fingerprint density at radius 1 is 1.03 bits per heavy atom. The number of anilines is 1. The van der Waals surface area contributed by atoms with Crippen LogP contribution < -0.4 is 10.6 Å². The van der Waals surface area contributed by atoms with Crippen LogP contribution >= 0.6 is 0 Å². The highest BCUT2D eigenvalue weighted by atomic mass is 16.2. The SMILES string of the molecule is C/C(=C\c1ccc(C(=O)Nc2ccccc2C)cc1C)C(=O)NCC1(C)CCC1.C=CC(C)=O. The highest BCUT2D eigenvalue weighted by molar-refractivity contribution is 6.05. The molecule has 0 unspecified atom stereocenters. The summed E-state index contributed by atoms with van der Waals surface area (Å²) in [5, 5.41) is 6.01. The van der Waals surface area contributed by atoms with E-state index in [1.54, 1.807) is 6.07 Å². The maximum atomic E-state index is 12.6. The largest absolute Gasteiger partial charge is 0.352 e. The van der Waals surface area contributed by atoms with E-state index in [4.69, 9.17) is 0 Å². The Morgan fingerprint density at radius 2 is 1.68 bits per heavy atom. The molecule has 5 nitrogen and oxygen atoms in total. The second-order valence-corrected chi connectivity index (χ2v) is 9.33. The van der Waals surface area contributed by atoms with Crippen molar-refractivity contribution in [1.29, 1.82) is 0 Å². The van der Waals surface area contributed by atoms with Gasteiger partial charge in [-0.25, -0.2) is 0 Å². The number of allylic oxidation sites excluding steroid dienone is 1. The molecule has 0 heterocycles. The van der Waals surface area contributed by atoms with Gasteiger partial charge < -0.3 is 10.6 Å². The topological polar surface area (TPSA) is 75.3 Å². The smallest absolute Gasteiger partial charge is 0.255 e. The normalized spacial score (nSPS) is 14.1. The summed E-state index contributed by atoms with van der Waals surface area (Å²) in [4.78, 5) is 34.7. The maximum Gasteiger partial charge on any atom is 0.255 e. The Hall–Kier alpha value is -3.47. The minimum absolute atomic E-state index is 0.0185. The molecule has 2 aromatic rings. The van der Waals surface area contributed by atoms with Gasteiger partial charge in [0.25, 0.3) is 5.91 Å². The van der Waals surface area contributed by atoms with Gasteiger partial charge in [0.15, 0.2) is 5.78 Å². The first kappa shape index (κ1) is 26.8. The second kappa shape index (κ2) is 12.1. The molecule has 1 aliphatic rings. The third-order valence-corrected chi connectivity index (χ3v) is 6.18. The van der Waals surface area contributed by atoms with Crippen LogP contribution in [-0.2, 0) is 9.59 Å². The third-order valence-electron chi connectivity index (χ3n) is 6.18. The number of aryl methyl sites for hydroxylation is 2. The summed E-state index contributed by atoms with van der Waals surface area (Å²) in [5.74, 6) is -0.148. The van der Waals surface area contributed by atoms with Crippen LogP contribution in [0.3, 0.4) is 0 Å². The number of ketones is 1. The predicted octanol–water partition coefficient (Wildman–Crippen LogP) is 6.03. The van der Waals surface area contributed by atoms with E-state index in [0.717, 1.165) is 28.9 Å². The Kier molecular flexibility index (Phi) is 9.55. The van der Waals surface area contributed by atoms with Gasteiger partial charge in [0.05, 0.1) is 0 Å². The van der Waals surface area contributed by atoms with E-state index in [1.165, 1.54) is 32.3 Å². The number of hydrogen-bond donors (Lipinski definition) is 2. The summed E-state index contributed by atoms with van der Waals surface area (Å²) >= 11 is 0. The lowest BCUT2D eigenvalue weighted by molar-refractivity contribution is -0.118. The zero-order chi connectivity index (χ0) is 25.3. The van der Waals surface area contributed by atoms with Gasteiger partial charge in [-0.2, -0.15) is 0 Å². The van der Waals surface area contributed by atoms with Crippen molar-refractivity contribution in [1.82, 2.24) is 5.32 Å². The molecule has 0 spiro atoms. The molecule has 0 bridgehead atoms. The van der Waals surface area contributed by atoms with Crippen LogP contribution in [0.25, 0.3) is 6.08 Å². The van der Waals surface area contributed by atoms with Crippen LogP contribution in [0.15, 0.2) is 60.7 Å². The van der Waals surface area contributed by atoms with Gasteiger partial charge in [0.2, 0.25) is 5.91 Å². The molecule has 1 saturated carbocycles. The van der Waals surface area contributed by atoms with E-state index in [2.05, 4.69) is 24.1 Å². The average Bonchev–Trinajstić information content (AvgIpc) is 2.79. The number of para-hydroxylation sites is 1. The van der Waals surface area contributed by atoms with Gasteiger partial charge in [-0.1, -0.05) is 44.2 Å². The average molecular weight is 461 g/mol. The van der Waals surface area contributed by atoms with Crippen molar-refractivity contribution in [3.05, 3.63) is 82.9 Å². The Morgan fingerprint density at radius 3 is 2.21 bits per heavy atom. The van der Waals surface area contributed by atoms with Gasteiger partial charge >= 0.3 is 0 Å². The Bertz CT molecular complexity index is 1090. The fraction of sp³-hybridized carbons (Fsp3) is 0.345. The molecule has 2 N–H and O–H groups in total. The molecule has 0 atom stereocenters. The molecule has 3 rings (SSSR count). The maximum absolute atomic E-state index is 12.6. The molecule has 0 saturated heterocycles. The van der Waals surface area contributed by atoms with Gasteiger partial charge in [-0.15, -0.1) is 0 Å². The van der Waals surface area contributed by atoms with Gasteiger partial charge in [-0.05, 0) is 93.0 Å². The van der Waals surface area contributed by atoms with E-state index < -0.39 is 0 Å². The van der Waals surface area contributed by atoms with Crippen LogP contribution in [0.4, 0.5) is 5.69 Å². The van der Waals surface area contributed by atoms with Crippen molar-refractivity contribution in [2.75, 3.05) is 11.9 Å². The Balaban J connectivity index is 0.000000739. The first-order valence-electron chi connectivity index (χ1n) is 11.6. The molecule has 1 aliphatic carbocycles. The quantitative estimate of drug-likeness (QED) is 0.496. The second-order valence-electron chi connectivity index (χ2n) is 9.33. The van der Waals surface area contributed by atoms with E-state index in [9.17, 15) is 14.4 Å². The lowest BCUT2D eigenvalue weighted by Crippen LogP contribution is -2.40. The standard InChI is InChI=1S/C25H30N2O2.C4H6O/c1-17-8-5-6-9-22(17)27-24(29)21-11-10-20(18(2)14-21)15-19(3)23(28)26-16-25(4)12-7-13-25;1-3-4(2)5/h5-6,8-11,14-15H,7,12-13,16H2,1-4H3,(H,26,28)(H,27,29);3H,1H2,2H3/b19-15+;. The van der Waals surface area contributed by atoms with Gasteiger partial charge in [-0.3, -0.25) is 14.4 Å². The molecule has 2 aromatic carbocycles. The summed E-state index contributed by atoms with van der Waals surface area (Å²) < 4.78 is 0.